The SMILES string of the molecule is Cc1ccc(F)c(-c2cc(C)c(O)cc2C)c1. The highest BCUT2D eigenvalue weighted by Gasteiger charge is 2.10. The Balaban J connectivity index is 2.68. The van der Waals surface area contributed by atoms with E-state index in [0.29, 0.717) is 5.56 Å². The summed E-state index contributed by atoms with van der Waals surface area (Å²) >= 11 is 0. The first kappa shape index (κ1) is 11.6. The molecule has 0 amide bonds. The van der Waals surface area contributed by atoms with Crippen molar-refractivity contribution >= 4 is 0 Å². The molecule has 88 valence electrons. The summed E-state index contributed by atoms with van der Waals surface area (Å²) in [6.45, 7) is 5.62. The van der Waals surface area contributed by atoms with E-state index < -0.39 is 0 Å². The van der Waals surface area contributed by atoms with Gasteiger partial charge in [-0.05, 0) is 61.7 Å². The lowest BCUT2D eigenvalue weighted by atomic mass is 9.96. The largest absolute Gasteiger partial charge is 0.508 e. The van der Waals surface area contributed by atoms with E-state index in [1.54, 1.807) is 12.1 Å². The summed E-state index contributed by atoms with van der Waals surface area (Å²) in [5.74, 6) is 0.0168. The minimum atomic E-state index is -0.233. The fourth-order valence-corrected chi connectivity index (χ4v) is 1.94. The highest BCUT2D eigenvalue weighted by molar-refractivity contribution is 5.70. The molecule has 0 bridgehead atoms. The van der Waals surface area contributed by atoms with Crippen LogP contribution in [0.25, 0.3) is 11.1 Å². The van der Waals surface area contributed by atoms with E-state index in [0.717, 1.165) is 22.3 Å². The van der Waals surface area contributed by atoms with Crippen LogP contribution in [0.2, 0.25) is 0 Å². The zero-order valence-corrected chi connectivity index (χ0v) is 10.2. The molecule has 0 aliphatic carbocycles. The molecule has 0 heterocycles. The van der Waals surface area contributed by atoms with Gasteiger partial charge < -0.3 is 5.11 Å². The van der Waals surface area contributed by atoms with Gasteiger partial charge in [-0.15, -0.1) is 0 Å². The molecule has 0 unspecified atom stereocenters. The summed E-state index contributed by atoms with van der Waals surface area (Å²) in [4.78, 5) is 0. The summed E-state index contributed by atoms with van der Waals surface area (Å²) in [5, 5.41) is 9.60. The van der Waals surface area contributed by atoms with Crippen LogP contribution < -0.4 is 0 Å². The third-order valence-electron chi connectivity index (χ3n) is 2.95. The van der Waals surface area contributed by atoms with Gasteiger partial charge in [0.1, 0.15) is 11.6 Å². The second kappa shape index (κ2) is 4.21. The van der Waals surface area contributed by atoms with Gasteiger partial charge >= 0.3 is 0 Å². The van der Waals surface area contributed by atoms with Crippen molar-refractivity contribution < 1.29 is 9.50 Å². The standard InChI is InChI=1S/C15H15FO/c1-9-4-5-14(16)13(6-9)12-7-11(3)15(17)8-10(12)2/h4-8,17H,1-3H3. The van der Waals surface area contributed by atoms with Gasteiger partial charge in [0.05, 0.1) is 0 Å². The summed E-state index contributed by atoms with van der Waals surface area (Å²) < 4.78 is 13.8. The molecule has 0 radical (unpaired) electrons. The van der Waals surface area contributed by atoms with E-state index in [-0.39, 0.29) is 11.6 Å². The van der Waals surface area contributed by atoms with Crippen molar-refractivity contribution in [1.82, 2.24) is 0 Å². The van der Waals surface area contributed by atoms with Gasteiger partial charge in [-0.2, -0.15) is 0 Å². The van der Waals surface area contributed by atoms with Crippen LogP contribution in [-0.2, 0) is 0 Å². The number of phenolic OH excluding ortho intramolecular Hbond substituents is 1. The van der Waals surface area contributed by atoms with Crippen LogP contribution in [0.15, 0.2) is 30.3 Å². The van der Waals surface area contributed by atoms with Crippen LogP contribution in [0.3, 0.4) is 0 Å². The lowest BCUT2D eigenvalue weighted by Crippen LogP contribution is -1.90. The Kier molecular flexibility index (Phi) is 2.88. The summed E-state index contributed by atoms with van der Waals surface area (Å²) in [6, 6.07) is 8.55. The topological polar surface area (TPSA) is 20.2 Å². The maximum absolute atomic E-state index is 13.8. The van der Waals surface area contributed by atoms with Crippen LogP contribution in [0.5, 0.6) is 5.75 Å². The second-order valence-corrected chi connectivity index (χ2v) is 4.44. The molecule has 2 aromatic carbocycles. The van der Waals surface area contributed by atoms with Gasteiger partial charge in [-0.1, -0.05) is 11.6 Å². The first-order valence-corrected chi connectivity index (χ1v) is 5.56. The molecule has 0 saturated carbocycles. The first-order chi connectivity index (χ1) is 7.99. The Hall–Kier alpha value is -1.83. The number of aromatic hydroxyl groups is 1. The molecular formula is C15H15FO. The Labute approximate surface area is 101 Å². The predicted octanol–water partition coefficient (Wildman–Crippen LogP) is 4.12. The fourth-order valence-electron chi connectivity index (χ4n) is 1.94. The van der Waals surface area contributed by atoms with Crippen molar-refractivity contribution in [3.8, 4) is 16.9 Å². The van der Waals surface area contributed by atoms with Crippen molar-refractivity contribution in [3.63, 3.8) is 0 Å². The average molecular weight is 230 g/mol. The van der Waals surface area contributed by atoms with Crippen molar-refractivity contribution in [2.45, 2.75) is 20.8 Å². The summed E-state index contributed by atoms with van der Waals surface area (Å²) in [7, 11) is 0. The summed E-state index contributed by atoms with van der Waals surface area (Å²) in [5.41, 5.74) is 4.07. The average Bonchev–Trinajstić information content (AvgIpc) is 2.27. The summed E-state index contributed by atoms with van der Waals surface area (Å²) in [6.07, 6.45) is 0. The van der Waals surface area contributed by atoms with Crippen LogP contribution in [0.4, 0.5) is 4.39 Å². The number of hydrogen-bond acceptors (Lipinski definition) is 1. The van der Waals surface area contributed by atoms with Gasteiger partial charge in [-0.25, -0.2) is 4.39 Å². The highest BCUT2D eigenvalue weighted by atomic mass is 19.1. The van der Waals surface area contributed by atoms with Crippen molar-refractivity contribution in [3.05, 3.63) is 52.8 Å². The van der Waals surface area contributed by atoms with E-state index in [9.17, 15) is 9.50 Å². The quantitative estimate of drug-likeness (QED) is 0.781. The predicted molar refractivity (Wildman–Crippen MR) is 67.7 cm³/mol. The van der Waals surface area contributed by atoms with Gasteiger partial charge in [0.2, 0.25) is 0 Å². The minimum Gasteiger partial charge on any atom is -0.508 e. The number of phenols is 1. The Bertz CT molecular complexity index is 573. The van der Waals surface area contributed by atoms with Gasteiger partial charge in [0.15, 0.2) is 0 Å². The second-order valence-electron chi connectivity index (χ2n) is 4.44. The highest BCUT2D eigenvalue weighted by Crippen LogP contribution is 2.31. The molecule has 0 atom stereocenters. The third kappa shape index (κ3) is 2.16. The number of aryl methyl sites for hydroxylation is 3. The zero-order valence-electron chi connectivity index (χ0n) is 10.2. The molecule has 1 N–H and O–H groups in total. The molecule has 0 saturated heterocycles. The zero-order chi connectivity index (χ0) is 12.6. The van der Waals surface area contributed by atoms with Crippen LogP contribution >= 0.6 is 0 Å². The molecule has 0 fully saturated rings. The maximum atomic E-state index is 13.8. The van der Waals surface area contributed by atoms with E-state index in [4.69, 9.17) is 0 Å². The van der Waals surface area contributed by atoms with E-state index in [2.05, 4.69) is 0 Å². The third-order valence-corrected chi connectivity index (χ3v) is 2.95. The first-order valence-electron chi connectivity index (χ1n) is 5.56. The normalized spacial score (nSPS) is 10.6. The van der Waals surface area contributed by atoms with E-state index >= 15 is 0 Å². The molecule has 0 aliphatic heterocycles. The fraction of sp³-hybridized carbons (Fsp3) is 0.200. The van der Waals surface area contributed by atoms with Crippen molar-refractivity contribution in [2.24, 2.45) is 0 Å². The van der Waals surface area contributed by atoms with E-state index in [1.165, 1.54) is 6.07 Å². The van der Waals surface area contributed by atoms with Gasteiger partial charge in [0.25, 0.3) is 0 Å². The lowest BCUT2D eigenvalue weighted by molar-refractivity contribution is 0.471. The Morgan fingerprint density at radius 3 is 2.29 bits per heavy atom. The molecule has 0 aliphatic rings. The number of rotatable bonds is 1. The monoisotopic (exact) mass is 230 g/mol. The van der Waals surface area contributed by atoms with Crippen LogP contribution in [0, 0.1) is 26.6 Å². The van der Waals surface area contributed by atoms with Gasteiger partial charge in [0, 0.05) is 5.56 Å². The lowest BCUT2D eigenvalue weighted by Gasteiger charge is -2.10. The Morgan fingerprint density at radius 1 is 0.882 bits per heavy atom. The van der Waals surface area contributed by atoms with Crippen LogP contribution in [-0.4, -0.2) is 5.11 Å². The minimum absolute atomic E-state index is 0.233. The molecule has 17 heavy (non-hydrogen) atoms. The van der Waals surface area contributed by atoms with E-state index in [1.807, 2.05) is 32.9 Å². The number of halogens is 1. The van der Waals surface area contributed by atoms with Crippen molar-refractivity contribution in [1.29, 1.82) is 0 Å². The van der Waals surface area contributed by atoms with Crippen molar-refractivity contribution in [2.75, 3.05) is 0 Å². The molecule has 2 heteroatoms. The number of hydrogen-bond donors (Lipinski definition) is 1. The smallest absolute Gasteiger partial charge is 0.131 e. The molecule has 1 nitrogen and oxygen atoms in total. The Morgan fingerprint density at radius 2 is 1.59 bits per heavy atom. The maximum Gasteiger partial charge on any atom is 0.131 e. The molecule has 0 aromatic heterocycles. The van der Waals surface area contributed by atoms with Gasteiger partial charge in [-0.3, -0.25) is 0 Å². The molecular weight excluding hydrogens is 215 g/mol. The molecule has 0 spiro atoms. The molecule has 2 aromatic rings. The number of benzene rings is 2. The molecule has 2 rings (SSSR count). The van der Waals surface area contributed by atoms with Crippen LogP contribution in [0.1, 0.15) is 16.7 Å².